The summed E-state index contributed by atoms with van der Waals surface area (Å²) in [5, 5.41) is 8.74. The molecule has 1 atom stereocenters. The molecule has 1 aliphatic rings. The Hall–Kier alpha value is -1.99. The summed E-state index contributed by atoms with van der Waals surface area (Å²) < 4.78 is 10.6. The van der Waals surface area contributed by atoms with Crippen LogP contribution in [0.15, 0.2) is 18.2 Å². The van der Waals surface area contributed by atoms with Crippen LogP contribution in [0.4, 0.5) is 0 Å². The number of carbonyl (C=O) groups excluding carboxylic acids is 2. The van der Waals surface area contributed by atoms with Crippen molar-refractivity contribution in [2.75, 3.05) is 33.9 Å². The normalized spacial score (nSPS) is 16.5. The van der Waals surface area contributed by atoms with Gasteiger partial charge in [0.2, 0.25) is 0 Å². The second kappa shape index (κ2) is 10.00. The zero-order valence-corrected chi connectivity index (χ0v) is 14.7. The fourth-order valence-electron chi connectivity index (χ4n) is 2.39. The number of hydrogen-bond acceptors (Lipinski definition) is 5. The first-order chi connectivity index (χ1) is 11.1. The van der Waals surface area contributed by atoms with Crippen LogP contribution in [0.1, 0.15) is 23.2 Å². The van der Waals surface area contributed by atoms with Gasteiger partial charge >= 0.3 is 0 Å². The van der Waals surface area contributed by atoms with Gasteiger partial charge in [-0.05, 0) is 37.6 Å². The zero-order chi connectivity index (χ0) is 16.7. The largest absolute Gasteiger partial charge is 0.493 e. The minimum Gasteiger partial charge on any atom is -0.493 e. The molecule has 0 aromatic heterocycles. The van der Waals surface area contributed by atoms with Crippen LogP contribution in [0.25, 0.3) is 0 Å². The van der Waals surface area contributed by atoms with E-state index in [2.05, 4.69) is 16.0 Å². The molecule has 24 heavy (non-hydrogen) atoms. The van der Waals surface area contributed by atoms with Crippen LogP contribution in [0.5, 0.6) is 11.5 Å². The second-order valence-corrected chi connectivity index (χ2v) is 5.34. The summed E-state index contributed by atoms with van der Waals surface area (Å²) in [6.45, 7) is 1.68. The maximum Gasteiger partial charge on any atom is 0.257 e. The molecule has 2 amide bonds. The van der Waals surface area contributed by atoms with Gasteiger partial charge in [-0.15, -0.1) is 12.4 Å². The number of likely N-dealkylation sites (N-methyl/N-ethyl adjacent to an activating group) is 1. The summed E-state index contributed by atoms with van der Waals surface area (Å²) in [6.07, 6.45) is 2.03. The summed E-state index contributed by atoms with van der Waals surface area (Å²) >= 11 is 0. The van der Waals surface area contributed by atoms with E-state index in [0.717, 1.165) is 25.9 Å². The highest BCUT2D eigenvalue weighted by Gasteiger charge is 2.17. The third kappa shape index (κ3) is 5.58. The molecule has 1 aliphatic heterocycles. The Morgan fingerprint density at radius 3 is 2.75 bits per heavy atom. The summed E-state index contributed by atoms with van der Waals surface area (Å²) in [5.74, 6) is 0.462. The van der Waals surface area contributed by atoms with Gasteiger partial charge in [-0.2, -0.15) is 0 Å². The molecule has 0 saturated carbocycles. The Morgan fingerprint density at radius 2 is 2.12 bits per heavy atom. The molecule has 1 saturated heterocycles. The smallest absolute Gasteiger partial charge is 0.257 e. The van der Waals surface area contributed by atoms with Gasteiger partial charge in [-0.25, -0.2) is 0 Å². The van der Waals surface area contributed by atoms with E-state index in [9.17, 15) is 9.59 Å². The number of methoxy groups -OCH3 is 1. The van der Waals surface area contributed by atoms with Crippen molar-refractivity contribution in [3.8, 4) is 11.5 Å². The zero-order valence-electron chi connectivity index (χ0n) is 13.9. The molecule has 1 heterocycles. The number of carbonyl (C=O) groups is 2. The maximum absolute atomic E-state index is 12.3. The molecule has 0 radical (unpaired) electrons. The van der Waals surface area contributed by atoms with Gasteiger partial charge < -0.3 is 25.4 Å². The van der Waals surface area contributed by atoms with Gasteiger partial charge in [0.1, 0.15) is 0 Å². The third-order valence-electron chi connectivity index (χ3n) is 3.70. The van der Waals surface area contributed by atoms with Gasteiger partial charge in [0.15, 0.2) is 18.1 Å². The number of amides is 2. The van der Waals surface area contributed by atoms with Crippen molar-refractivity contribution in [3.63, 3.8) is 0 Å². The fourth-order valence-corrected chi connectivity index (χ4v) is 2.39. The van der Waals surface area contributed by atoms with Crippen molar-refractivity contribution in [3.05, 3.63) is 23.8 Å². The third-order valence-corrected chi connectivity index (χ3v) is 3.70. The highest BCUT2D eigenvalue weighted by atomic mass is 35.5. The second-order valence-electron chi connectivity index (χ2n) is 5.34. The molecule has 0 aliphatic carbocycles. The maximum atomic E-state index is 12.3. The SMILES string of the molecule is CNC(=O)COc1ccc(C(=O)N[C@H]2CCCNC2)cc1OC.Cl. The number of piperidine rings is 1. The molecular formula is C16H24ClN3O4. The Bertz CT molecular complexity index is 562. The van der Waals surface area contributed by atoms with Crippen molar-refractivity contribution in [1.29, 1.82) is 0 Å². The predicted octanol–water partition coefficient (Wildman–Crippen LogP) is 0.724. The Kier molecular flexibility index (Phi) is 8.35. The van der Waals surface area contributed by atoms with Crippen LogP contribution in [-0.4, -0.2) is 51.7 Å². The van der Waals surface area contributed by atoms with E-state index in [4.69, 9.17) is 9.47 Å². The monoisotopic (exact) mass is 357 g/mol. The van der Waals surface area contributed by atoms with Crippen LogP contribution < -0.4 is 25.4 Å². The number of benzene rings is 1. The molecule has 134 valence electrons. The van der Waals surface area contributed by atoms with E-state index in [1.807, 2.05) is 0 Å². The first kappa shape index (κ1) is 20.1. The van der Waals surface area contributed by atoms with Crippen molar-refractivity contribution in [2.24, 2.45) is 0 Å². The molecule has 2 rings (SSSR count). The van der Waals surface area contributed by atoms with Gasteiger partial charge in [0.25, 0.3) is 11.8 Å². The molecule has 0 unspecified atom stereocenters. The molecule has 7 nitrogen and oxygen atoms in total. The Balaban J connectivity index is 0.00000288. The summed E-state index contributed by atoms with van der Waals surface area (Å²) in [4.78, 5) is 23.5. The fraction of sp³-hybridized carbons (Fsp3) is 0.500. The van der Waals surface area contributed by atoms with E-state index >= 15 is 0 Å². The molecule has 0 bridgehead atoms. The minimum absolute atomic E-state index is 0. The molecule has 8 heteroatoms. The van der Waals surface area contributed by atoms with E-state index in [1.165, 1.54) is 14.2 Å². The van der Waals surface area contributed by atoms with E-state index in [-0.39, 0.29) is 36.9 Å². The van der Waals surface area contributed by atoms with Crippen molar-refractivity contribution >= 4 is 24.2 Å². The molecule has 1 fully saturated rings. The van der Waals surface area contributed by atoms with Crippen LogP contribution in [0.2, 0.25) is 0 Å². The van der Waals surface area contributed by atoms with Crippen LogP contribution in [0, 0.1) is 0 Å². The number of ether oxygens (including phenoxy) is 2. The van der Waals surface area contributed by atoms with Crippen molar-refractivity contribution in [2.45, 2.75) is 18.9 Å². The number of nitrogens with one attached hydrogen (secondary N) is 3. The number of rotatable bonds is 6. The topological polar surface area (TPSA) is 88.7 Å². The van der Waals surface area contributed by atoms with Gasteiger partial charge in [0, 0.05) is 25.2 Å². The van der Waals surface area contributed by atoms with Gasteiger partial charge in [0.05, 0.1) is 7.11 Å². The van der Waals surface area contributed by atoms with Crippen LogP contribution in [-0.2, 0) is 4.79 Å². The molecular weight excluding hydrogens is 334 g/mol. The predicted molar refractivity (Wildman–Crippen MR) is 93.2 cm³/mol. The Morgan fingerprint density at radius 1 is 1.33 bits per heavy atom. The average Bonchev–Trinajstić information content (AvgIpc) is 2.60. The van der Waals surface area contributed by atoms with E-state index in [1.54, 1.807) is 18.2 Å². The quantitative estimate of drug-likeness (QED) is 0.698. The standard InChI is InChI=1S/C16H23N3O4.ClH/c1-17-15(20)10-23-13-6-5-11(8-14(13)22-2)16(21)19-12-4-3-7-18-9-12;/h5-6,8,12,18H,3-4,7,9-10H2,1-2H3,(H,17,20)(H,19,21);1H/t12-;/m0./s1. The van der Waals surface area contributed by atoms with Gasteiger partial charge in [-0.3, -0.25) is 9.59 Å². The lowest BCUT2D eigenvalue weighted by Crippen LogP contribution is -2.45. The minimum atomic E-state index is -0.237. The lowest BCUT2D eigenvalue weighted by molar-refractivity contribution is -0.122. The molecule has 3 N–H and O–H groups in total. The van der Waals surface area contributed by atoms with Crippen LogP contribution >= 0.6 is 12.4 Å². The summed E-state index contributed by atoms with van der Waals surface area (Å²) in [7, 11) is 3.03. The summed E-state index contributed by atoms with van der Waals surface area (Å²) in [6, 6.07) is 5.06. The highest BCUT2D eigenvalue weighted by Crippen LogP contribution is 2.28. The highest BCUT2D eigenvalue weighted by molar-refractivity contribution is 5.95. The van der Waals surface area contributed by atoms with Crippen LogP contribution in [0.3, 0.4) is 0 Å². The van der Waals surface area contributed by atoms with E-state index < -0.39 is 0 Å². The van der Waals surface area contributed by atoms with Crippen molar-refractivity contribution < 1.29 is 19.1 Å². The molecule has 1 aromatic rings. The Labute approximate surface area is 147 Å². The summed E-state index contributed by atoms with van der Waals surface area (Å²) in [5.41, 5.74) is 0.500. The average molecular weight is 358 g/mol. The van der Waals surface area contributed by atoms with Crippen molar-refractivity contribution in [1.82, 2.24) is 16.0 Å². The lowest BCUT2D eigenvalue weighted by Gasteiger charge is -2.24. The first-order valence-corrected chi connectivity index (χ1v) is 7.67. The first-order valence-electron chi connectivity index (χ1n) is 7.67. The molecule has 0 spiro atoms. The lowest BCUT2D eigenvalue weighted by atomic mass is 10.1. The number of hydrogen-bond donors (Lipinski definition) is 3. The number of halogens is 1. The molecule has 1 aromatic carbocycles. The van der Waals surface area contributed by atoms with E-state index in [0.29, 0.717) is 17.1 Å². The van der Waals surface area contributed by atoms with Gasteiger partial charge in [-0.1, -0.05) is 0 Å².